The molecule has 1 rings (SSSR count). The first-order valence-electron chi connectivity index (χ1n) is 4.60. The first kappa shape index (κ1) is 13.0. The van der Waals surface area contributed by atoms with Crippen LogP contribution in [0.2, 0.25) is 0 Å². The summed E-state index contributed by atoms with van der Waals surface area (Å²) in [5, 5.41) is 0.440. The van der Waals surface area contributed by atoms with Crippen LogP contribution in [0.5, 0.6) is 0 Å². The minimum absolute atomic E-state index is 0.139. The van der Waals surface area contributed by atoms with Gasteiger partial charge in [0.25, 0.3) is 6.43 Å². The van der Waals surface area contributed by atoms with Gasteiger partial charge in [-0.1, -0.05) is 15.9 Å². The molecule has 1 heterocycles. The molecule has 0 atom stereocenters. The molecule has 0 aliphatic carbocycles. The van der Waals surface area contributed by atoms with E-state index in [1.165, 1.54) is 12.3 Å². The van der Waals surface area contributed by atoms with Gasteiger partial charge in [0.15, 0.2) is 0 Å². The first-order valence-corrected chi connectivity index (χ1v) is 5.72. The summed E-state index contributed by atoms with van der Waals surface area (Å²) in [5.41, 5.74) is -0.0654. The standard InChI is InChI=1S/C10H10BrF2NO2/c1-2-16-10(15)7-3-6(4-11)5-14-8(7)9(12)13/h3,5,9H,2,4H2,1H3. The molecule has 0 bridgehead atoms. The minimum atomic E-state index is -2.79. The Kier molecular flexibility index (Phi) is 4.79. The number of nitrogens with zero attached hydrogens (tertiary/aromatic N) is 1. The summed E-state index contributed by atoms with van der Waals surface area (Å²) in [6.07, 6.45) is -1.48. The number of esters is 1. The smallest absolute Gasteiger partial charge is 0.340 e. The van der Waals surface area contributed by atoms with Crippen LogP contribution in [0.3, 0.4) is 0 Å². The van der Waals surface area contributed by atoms with E-state index in [4.69, 9.17) is 4.74 Å². The van der Waals surface area contributed by atoms with Gasteiger partial charge in [0.1, 0.15) is 5.69 Å². The third kappa shape index (κ3) is 2.98. The van der Waals surface area contributed by atoms with Gasteiger partial charge < -0.3 is 4.74 Å². The van der Waals surface area contributed by atoms with E-state index in [0.717, 1.165) is 0 Å². The highest BCUT2D eigenvalue weighted by Crippen LogP contribution is 2.22. The molecule has 3 nitrogen and oxygen atoms in total. The van der Waals surface area contributed by atoms with Crippen molar-refractivity contribution in [3.8, 4) is 0 Å². The van der Waals surface area contributed by atoms with Crippen molar-refractivity contribution in [3.63, 3.8) is 0 Å². The second-order valence-corrected chi connectivity index (χ2v) is 3.49. The number of carbonyl (C=O) groups is 1. The van der Waals surface area contributed by atoms with E-state index in [2.05, 4.69) is 20.9 Å². The maximum atomic E-state index is 12.6. The molecule has 0 aliphatic rings. The van der Waals surface area contributed by atoms with Crippen molar-refractivity contribution in [2.45, 2.75) is 18.7 Å². The molecule has 6 heteroatoms. The molecule has 0 saturated carbocycles. The number of hydrogen-bond acceptors (Lipinski definition) is 3. The molecule has 0 fully saturated rings. The Labute approximate surface area is 99.9 Å². The number of pyridine rings is 1. The molecule has 1 aromatic rings. The van der Waals surface area contributed by atoms with Crippen LogP contribution >= 0.6 is 15.9 Å². The van der Waals surface area contributed by atoms with Crippen molar-refractivity contribution < 1.29 is 18.3 Å². The number of halogens is 3. The third-order valence-corrected chi connectivity index (χ3v) is 2.48. The largest absolute Gasteiger partial charge is 0.462 e. The molecule has 0 spiro atoms. The number of aromatic nitrogens is 1. The van der Waals surface area contributed by atoms with Crippen LogP contribution in [-0.2, 0) is 10.1 Å². The van der Waals surface area contributed by atoms with Gasteiger partial charge in [0.05, 0.1) is 12.2 Å². The molecular weight excluding hydrogens is 284 g/mol. The molecule has 0 aliphatic heterocycles. The van der Waals surface area contributed by atoms with Gasteiger partial charge >= 0.3 is 5.97 Å². The summed E-state index contributed by atoms with van der Waals surface area (Å²) in [6.45, 7) is 1.75. The number of rotatable bonds is 4. The maximum Gasteiger partial charge on any atom is 0.340 e. The Morgan fingerprint density at radius 1 is 1.62 bits per heavy atom. The van der Waals surface area contributed by atoms with Gasteiger partial charge in [-0.3, -0.25) is 4.98 Å². The van der Waals surface area contributed by atoms with Crippen molar-refractivity contribution in [2.75, 3.05) is 6.61 Å². The highest BCUT2D eigenvalue weighted by atomic mass is 79.9. The number of carbonyl (C=O) groups excluding carboxylic acids is 1. The van der Waals surface area contributed by atoms with E-state index in [0.29, 0.717) is 10.9 Å². The zero-order chi connectivity index (χ0) is 12.1. The molecule has 16 heavy (non-hydrogen) atoms. The van der Waals surface area contributed by atoms with E-state index in [9.17, 15) is 13.6 Å². The van der Waals surface area contributed by atoms with Crippen LogP contribution < -0.4 is 0 Å². The van der Waals surface area contributed by atoms with E-state index in [-0.39, 0.29) is 12.2 Å². The first-order chi connectivity index (χ1) is 7.60. The van der Waals surface area contributed by atoms with Crippen LogP contribution in [0, 0.1) is 0 Å². The van der Waals surface area contributed by atoms with E-state index in [1.54, 1.807) is 6.92 Å². The summed E-state index contributed by atoms with van der Waals surface area (Å²) in [5.74, 6) is -0.770. The van der Waals surface area contributed by atoms with Crippen LogP contribution in [0.15, 0.2) is 12.3 Å². The molecule has 0 unspecified atom stereocenters. The Balaban J connectivity index is 3.14. The molecule has 0 aromatic carbocycles. The SMILES string of the molecule is CCOC(=O)c1cc(CBr)cnc1C(F)F. The molecule has 88 valence electrons. The highest BCUT2D eigenvalue weighted by Gasteiger charge is 2.21. The minimum Gasteiger partial charge on any atom is -0.462 e. The lowest BCUT2D eigenvalue weighted by Gasteiger charge is -2.08. The topological polar surface area (TPSA) is 39.2 Å². The van der Waals surface area contributed by atoms with Gasteiger partial charge in [-0.05, 0) is 18.6 Å². The Morgan fingerprint density at radius 3 is 2.81 bits per heavy atom. The van der Waals surface area contributed by atoms with Gasteiger partial charge in [0, 0.05) is 11.5 Å². The predicted molar refractivity (Wildman–Crippen MR) is 57.8 cm³/mol. The monoisotopic (exact) mass is 293 g/mol. The van der Waals surface area contributed by atoms with Gasteiger partial charge in [-0.2, -0.15) is 0 Å². The van der Waals surface area contributed by atoms with Crippen molar-refractivity contribution in [3.05, 3.63) is 29.1 Å². The van der Waals surface area contributed by atoms with E-state index in [1.807, 2.05) is 0 Å². The van der Waals surface area contributed by atoms with Crippen molar-refractivity contribution >= 4 is 21.9 Å². The zero-order valence-electron chi connectivity index (χ0n) is 8.54. The molecule has 1 aromatic heterocycles. The summed E-state index contributed by atoms with van der Waals surface area (Å²) in [6, 6.07) is 1.36. The van der Waals surface area contributed by atoms with Gasteiger partial charge in [-0.15, -0.1) is 0 Å². The second kappa shape index (κ2) is 5.89. The lowest BCUT2D eigenvalue weighted by Crippen LogP contribution is -2.10. The van der Waals surface area contributed by atoms with Crippen molar-refractivity contribution in [1.82, 2.24) is 4.98 Å². The highest BCUT2D eigenvalue weighted by molar-refractivity contribution is 9.08. The van der Waals surface area contributed by atoms with Gasteiger partial charge in [0.2, 0.25) is 0 Å². The Hall–Kier alpha value is -1.04. The fourth-order valence-corrected chi connectivity index (χ4v) is 1.44. The normalized spacial score (nSPS) is 10.6. The fraction of sp³-hybridized carbons (Fsp3) is 0.400. The summed E-state index contributed by atoms with van der Waals surface area (Å²) < 4.78 is 29.9. The van der Waals surface area contributed by atoms with Crippen LogP contribution in [0.4, 0.5) is 8.78 Å². The average molecular weight is 294 g/mol. The van der Waals surface area contributed by atoms with E-state index >= 15 is 0 Å². The predicted octanol–water partition coefficient (Wildman–Crippen LogP) is 3.09. The average Bonchev–Trinajstić information content (AvgIpc) is 2.28. The van der Waals surface area contributed by atoms with E-state index < -0.39 is 18.1 Å². The molecule has 0 radical (unpaired) electrons. The van der Waals surface area contributed by atoms with Crippen molar-refractivity contribution in [1.29, 1.82) is 0 Å². The van der Waals surface area contributed by atoms with Crippen molar-refractivity contribution in [2.24, 2.45) is 0 Å². The fourth-order valence-electron chi connectivity index (χ4n) is 1.14. The van der Waals surface area contributed by atoms with Gasteiger partial charge in [-0.25, -0.2) is 13.6 Å². The molecule has 0 N–H and O–H groups in total. The third-order valence-electron chi connectivity index (χ3n) is 1.83. The lowest BCUT2D eigenvalue weighted by atomic mass is 10.1. The summed E-state index contributed by atoms with van der Waals surface area (Å²) >= 11 is 3.16. The van der Waals surface area contributed by atoms with Crippen LogP contribution in [-0.4, -0.2) is 17.6 Å². The zero-order valence-corrected chi connectivity index (χ0v) is 10.1. The Bertz CT molecular complexity index is 385. The number of ether oxygens (including phenoxy) is 1. The van der Waals surface area contributed by atoms with Crippen LogP contribution in [0.25, 0.3) is 0 Å². The second-order valence-electron chi connectivity index (χ2n) is 2.93. The number of hydrogen-bond donors (Lipinski definition) is 0. The number of alkyl halides is 3. The molecule has 0 amide bonds. The Morgan fingerprint density at radius 2 is 2.31 bits per heavy atom. The molecule has 0 saturated heterocycles. The summed E-state index contributed by atoms with van der Waals surface area (Å²) in [7, 11) is 0. The summed E-state index contributed by atoms with van der Waals surface area (Å²) in [4.78, 5) is 15.0. The lowest BCUT2D eigenvalue weighted by molar-refractivity contribution is 0.0513. The molecular formula is C10H10BrF2NO2. The van der Waals surface area contributed by atoms with Crippen LogP contribution in [0.1, 0.15) is 35.0 Å². The maximum absolute atomic E-state index is 12.6. The quantitative estimate of drug-likeness (QED) is 0.633.